The first kappa shape index (κ1) is 16.0. The van der Waals surface area contributed by atoms with Gasteiger partial charge in [0, 0.05) is 12.2 Å². The fraction of sp³-hybridized carbons (Fsp3) is 0.375. The van der Waals surface area contributed by atoms with Gasteiger partial charge in [0.15, 0.2) is 5.82 Å². The molecule has 0 saturated carbocycles. The zero-order valence-corrected chi connectivity index (χ0v) is 13.4. The lowest BCUT2D eigenvalue weighted by atomic mass is 10.0. The molecule has 1 N–H and O–H groups in total. The van der Waals surface area contributed by atoms with Crippen molar-refractivity contribution >= 4 is 23.5 Å². The summed E-state index contributed by atoms with van der Waals surface area (Å²) in [7, 11) is 0. The van der Waals surface area contributed by atoms with Crippen LogP contribution in [0.2, 0.25) is 0 Å². The van der Waals surface area contributed by atoms with Crippen molar-refractivity contribution in [2.45, 2.75) is 26.3 Å². The van der Waals surface area contributed by atoms with Crippen molar-refractivity contribution in [2.75, 3.05) is 23.4 Å². The van der Waals surface area contributed by atoms with E-state index >= 15 is 0 Å². The highest BCUT2D eigenvalue weighted by Crippen LogP contribution is 2.26. The Labute approximate surface area is 139 Å². The number of aryl methyl sites for hydroxylation is 1. The average Bonchev–Trinajstić information content (AvgIpc) is 3.01. The van der Waals surface area contributed by atoms with Crippen molar-refractivity contribution in [3.8, 4) is 0 Å². The lowest BCUT2D eigenvalue weighted by Crippen LogP contribution is -2.37. The van der Waals surface area contributed by atoms with Gasteiger partial charge in [0.1, 0.15) is 6.54 Å². The smallest absolute Gasteiger partial charge is 0.412 e. The van der Waals surface area contributed by atoms with Crippen molar-refractivity contribution in [2.24, 2.45) is 0 Å². The van der Waals surface area contributed by atoms with E-state index in [0.29, 0.717) is 6.54 Å². The largest absolute Gasteiger partial charge is 0.450 e. The number of nitrogens with zero attached hydrogens (tertiary/aromatic N) is 4. The Morgan fingerprint density at radius 2 is 2.17 bits per heavy atom. The number of hydrogen-bond acceptors (Lipinski definition) is 5. The fourth-order valence-corrected chi connectivity index (χ4v) is 2.72. The number of ether oxygens (including phenoxy) is 1. The molecule has 0 fully saturated rings. The van der Waals surface area contributed by atoms with Crippen LogP contribution in [-0.2, 0) is 22.5 Å². The number of nitrogens with one attached hydrogen (secondary N) is 1. The molecular weight excluding hydrogens is 310 g/mol. The summed E-state index contributed by atoms with van der Waals surface area (Å²) in [5, 5.41) is 10.1. The van der Waals surface area contributed by atoms with Gasteiger partial charge in [-0.3, -0.25) is 10.1 Å². The number of benzene rings is 1. The summed E-state index contributed by atoms with van der Waals surface area (Å²) in [6.45, 7) is 2.74. The first-order valence-electron chi connectivity index (χ1n) is 7.89. The van der Waals surface area contributed by atoms with E-state index in [0.717, 1.165) is 18.5 Å². The molecule has 1 aromatic heterocycles. The third kappa shape index (κ3) is 3.53. The van der Waals surface area contributed by atoms with Gasteiger partial charge in [-0.25, -0.2) is 9.48 Å². The summed E-state index contributed by atoms with van der Waals surface area (Å²) in [6.07, 6.45) is 2.83. The molecule has 1 aliphatic rings. The zero-order valence-electron chi connectivity index (χ0n) is 13.4. The molecule has 24 heavy (non-hydrogen) atoms. The molecule has 2 heterocycles. The molecule has 2 aromatic rings. The molecule has 0 atom stereocenters. The van der Waals surface area contributed by atoms with E-state index in [2.05, 4.69) is 15.6 Å². The predicted octanol–water partition coefficient (Wildman–Crippen LogP) is 1.83. The van der Waals surface area contributed by atoms with E-state index in [1.165, 1.54) is 16.4 Å². The van der Waals surface area contributed by atoms with E-state index in [1.807, 2.05) is 24.3 Å². The minimum atomic E-state index is -0.596. The highest BCUT2D eigenvalue weighted by Gasteiger charge is 2.22. The Kier molecular flexibility index (Phi) is 4.74. The number of hydrogen-bond donors (Lipinski definition) is 1. The zero-order chi connectivity index (χ0) is 16.9. The molecule has 0 saturated heterocycles. The summed E-state index contributed by atoms with van der Waals surface area (Å²) in [4.78, 5) is 25.7. The summed E-state index contributed by atoms with van der Waals surface area (Å²) in [5.74, 6) is 0.190. The lowest BCUT2D eigenvalue weighted by Gasteiger charge is -2.29. The second kappa shape index (κ2) is 7.12. The molecule has 3 rings (SSSR count). The van der Waals surface area contributed by atoms with Gasteiger partial charge in [0.05, 0.1) is 12.8 Å². The molecule has 1 aromatic carbocycles. The Hall–Kier alpha value is -2.90. The highest BCUT2D eigenvalue weighted by molar-refractivity contribution is 5.94. The van der Waals surface area contributed by atoms with Gasteiger partial charge in [-0.05, 0) is 31.4 Å². The van der Waals surface area contributed by atoms with Crippen LogP contribution in [-0.4, -0.2) is 40.1 Å². The quantitative estimate of drug-likeness (QED) is 0.924. The van der Waals surface area contributed by atoms with Crippen LogP contribution < -0.4 is 10.2 Å². The summed E-state index contributed by atoms with van der Waals surface area (Å²) in [5.41, 5.74) is 2.14. The summed E-state index contributed by atoms with van der Waals surface area (Å²) in [6, 6.07) is 7.92. The molecule has 0 aliphatic carbocycles. The monoisotopic (exact) mass is 329 g/mol. The number of carbonyl (C=O) groups excluding carboxylic acids is 2. The normalized spacial score (nSPS) is 13.3. The number of aromatic nitrogens is 3. The summed E-state index contributed by atoms with van der Waals surface area (Å²) >= 11 is 0. The molecule has 0 radical (unpaired) electrons. The van der Waals surface area contributed by atoms with Gasteiger partial charge in [0.25, 0.3) is 0 Å². The van der Waals surface area contributed by atoms with Gasteiger partial charge in [0.2, 0.25) is 5.91 Å². The number of amides is 2. The minimum absolute atomic E-state index is 0.0604. The SMILES string of the molecule is CCOC(=O)Nc1cn(CC(=O)N2CCCc3ccccc32)nn1. The van der Waals surface area contributed by atoms with E-state index in [1.54, 1.807) is 11.8 Å². The van der Waals surface area contributed by atoms with Crippen LogP contribution in [0.4, 0.5) is 16.3 Å². The van der Waals surface area contributed by atoms with Crippen LogP contribution in [0.25, 0.3) is 0 Å². The molecule has 8 nitrogen and oxygen atoms in total. The average molecular weight is 329 g/mol. The molecule has 126 valence electrons. The molecular formula is C16H19N5O3. The Balaban J connectivity index is 1.66. The van der Waals surface area contributed by atoms with E-state index in [4.69, 9.17) is 4.74 Å². The van der Waals surface area contributed by atoms with Crippen molar-refractivity contribution in [1.82, 2.24) is 15.0 Å². The van der Waals surface area contributed by atoms with Crippen molar-refractivity contribution in [3.63, 3.8) is 0 Å². The molecule has 2 amide bonds. The highest BCUT2D eigenvalue weighted by atomic mass is 16.5. The van der Waals surface area contributed by atoms with Crippen molar-refractivity contribution < 1.29 is 14.3 Å². The number of carbonyl (C=O) groups is 2. The van der Waals surface area contributed by atoms with Crippen molar-refractivity contribution in [1.29, 1.82) is 0 Å². The van der Waals surface area contributed by atoms with Gasteiger partial charge >= 0.3 is 6.09 Å². The van der Waals surface area contributed by atoms with E-state index in [-0.39, 0.29) is 24.9 Å². The van der Waals surface area contributed by atoms with Crippen LogP contribution in [0, 0.1) is 0 Å². The molecule has 1 aliphatic heterocycles. The van der Waals surface area contributed by atoms with Crippen LogP contribution >= 0.6 is 0 Å². The second-order valence-corrected chi connectivity index (χ2v) is 5.42. The lowest BCUT2D eigenvalue weighted by molar-refractivity contribution is -0.119. The van der Waals surface area contributed by atoms with Crippen LogP contribution in [0.1, 0.15) is 18.9 Å². The van der Waals surface area contributed by atoms with Crippen LogP contribution in [0.5, 0.6) is 0 Å². The topological polar surface area (TPSA) is 89.4 Å². The first-order valence-corrected chi connectivity index (χ1v) is 7.89. The number of anilines is 2. The van der Waals surface area contributed by atoms with Gasteiger partial charge in [-0.1, -0.05) is 23.4 Å². The van der Waals surface area contributed by atoms with Gasteiger partial charge < -0.3 is 9.64 Å². The minimum Gasteiger partial charge on any atom is -0.450 e. The molecule has 0 bridgehead atoms. The maximum Gasteiger partial charge on any atom is 0.412 e. The molecule has 0 unspecified atom stereocenters. The number of rotatable bonds is 4. The van der Waals surface area contributed by atoms with Gasteiger partial charge in [-0.15, -0.1) is 5.10 Å². The second-order valence-electron chi connectivity index (χ2n) is 5.42. The van der Waals surface area contributed by atoms with E-state index in [9.17, 15) is 9.59 Å². The van der Waals surface area contributed by atoms with Crippen LogP contribution in [0.15, 0.2) is 30.5 Å². The van der Waals surface area contributed by atoms with Crippen molar-refractivity contribution in [3.05, 3.63) is 36.0 Å². The third-order valence-corrected chi connectivity index (χ3v) is 3.75. The van der Waals surface area contributed by atoms with E-state index < -0.39 is 6.09 Å². The standard InChI is InChI=1S/C16H19N5O3/c1-2-24-16(23)17-14-10-20(19-18-14)11-15(22)21-9-5-7-12-6-3-4-8-13(12)21/h3-4,6,8,10H,2,5,7,9,11H2,1H3,(H,17,23). The Morgan fingerprint density at radius 1 is 1.33 bits per heavy atom. The maximum absolute atomic E-state index is 12.6. The third-order valence-electron chi connectivity index (χ3n) is 3.75. The first-order chi connectivity index (χ1) is 11.7. The number of para-hydroxylation sites is 1. The maximum atomic E-state index is 12.6. The summed E-state index contributed by atoms with van der Waals surface area (Å²) < 4.78 is 6.17. The van der Waals surface area contributed by atoms with Crippen LogP contribution in [0.3, 0.4) is 0 Å². The predicted molar refractivity (Wildman–Crippen MR) is 87.8 cm³/mol. The number of fused-ring (bicyclic) bond motifs is 1. The molecule has 0 spiro atoms. The Morgan fingerprint density at radius 3 is 3.00 bits per heavy atom. The fourth-order valence-electron chi connectivity index (χ4n) is 2.72. The Bertz CT molecular complexity index is 743. The molecule has 8 heteroatoms. The van der Waals surface area contributed by atoms with Gasteiger partial charge in [-0.2, -0.15) is 0 Å².